The highest BCUT2D eigenvalue weighted by Crippen LogP contribution is 2.18. The molecule has 1 aromatic heterocycles. The van der Waals surface area contributed by atoms with Gasteiger partial charge < -0.3 is 16.0 Å². The topological polar surface area (TPSA) is 66.5 Å². The number of nitrogens with two attached hydrogens (primary N) is 1. The fourth-order valence-electron chi connectivity index (χ4n) is 2.52. The molecule has 21 heavy (non-hydrogen) atoms. The Morgan fingerprint density at radius 3 is 2.81 bits per heavy atom. The van der Waals surface area contributed by atoms with Gasteiger partial charge in [-0.1, -0.05) is 19.8 Å². The predicted molar refractivity (Wildman–Crippen MR) is 88.5 cm³/mol. The van der Waals surface area contributed by atoms with E-state index in [0.717, 1.165) is 37.4 Å². The molecule has 0 saturated carbocycles. The minimum absolute atomic E-state index is 0.519. The van der Waals surface area contributed by atoms with Crippen LogP contribution in [0, 0.1) is 0 Å². The molecular weight excluding hydrogens is 262 g/mol. The van der Waals surface area contributed by atoms with E-state index < -0.39 is 0 Å². The number of aliphatic imine (C=N–C) groups is 1. The van der Waals surface area contributed by atoms with Gasteiger partial charge in [-0.2, -0.15) is 0 Å². The first-order valence-electron chi connectivity index (χ1n) is 8.03. The number of hydrogen-bond donors (Lipinski definition) is 2. The summed E-state index contributed by atoms with van der Waals surface area (Å²) in [6, 6.07) is 4.15. The van der Waals surface area contributed by atoms with Crippen molar-refractivity contribution in [2.45, 2.75) is 45.6 Å². The maximum atomic E-state index is 5.82. The van der Waals surface area contributed by atoms with Gasteiger partial charge in [0.05, 0.1) is 6.54 Å². The van der Waals surface area contributed by atoms with E-state index in [9.17, 15) is 0 Å². The summed E-state index contributed by atoms with van der Waals surface area (Å²) >= 11 is 0. The second-order valence-corrected chi connectivity index (χ2v) is 5.55. The molecule has 1 aliphatic rings. The first-order valence-corrected chi connectivity index (χ1v) is 8.03. The molecule has 0 unspecified atom stereocenters. The van der Waals surface area contributed by atoms with Crippen molar-refractivity contribution in [1.29, 1.82) is 0 Å². The zero-order valence-electron chi connectivity index (χ0n) is 13.0. The molecule has 0 spiro atoms. The van der Waals surface area contributed by atoms with Crippen LogP contribution in [0.1, 0.15) is 44.6 Å². The first kappa shape index (κ1) is 15.6. The molecule has 2 rings (SSSR count). The SMILES string of the molecule is CCCNC(N)=NCc1ccnc(N2CCCCCC2)c1. The average Bonchev–Trinajstić information content (AvgIpc) is 2.80. The van der Waals surface area contributed by atoms with Crippen LogP contribution < -0.4 is 16.0 Å². The first-order chi connectivity index (χ1) is 10.3. The molecule has 0 aromatic carbocycles. The van der Waals surface area contributed by atoms with Crippen molar-refractivity contribution in [1.82, 2.24) is 10.3 Å². The number of pyridine rings is 1. The van der Waals surface area contributed by atoms with E-state index in [4.69, 9.17) is 5.73 Å². The summed E-state index contributed by atoms with van der Waals surface area (Å²) in [5.41, 5.74) is 6.98. The smallest absolute Gasteiger partial charge is 0.188 e. The van der Waals surface area contributed by atoms with Crippen LogP contribution in [0.15, 0.2) is 23.3 Å². The van der Waals surface area contributed by atoms with E-state index in [1.54, 1.807) is 0 Å². The van der Waals surface area contributed by atoms with Crippen molar-refractivity contribution in [3.05, 3.63) is 23.9 Å². The van der Waals surface area contributed by atoms with Crippen LogP contribution in [0.25, 0.3) is 0 Å². The third kappa shape index (κ3) is 5.25. The monoisotopic (exact) mass is 289 g/mol. The maximum absolute atomic E-state index is 5.82. The van der Waals surface area contributed by atoms with Crippen LogP contribution in [0.3, 0.4) is 0 Å². The summed E-state index contributed by atoms with van der Waals surface area (Å²) < 4.78 is 0. The molecule has 1 aliphatic heterocycles. The molecule has 116 valence electrons. The number of guanidine groups is 1. The zero-order valence-corrected chi connectivity index (χ0v) is 13.0. The van der Waals surface area contributed by atoms with Gasteiger partial charge >= 0.3 is 0 Å². The van der Waals surface area contributed by atoms with Crippen LogP contribution in [-0.2, 0) is 6.54 Å². The Hall–Kier alpha value is -1.78. The number of nitrogens with zero attached hydrogens (tertiary/aromatic N) is 3. The van der Waals surface area contributed by atoms with Crippen LogP contribution in [0.5, 0.6) is 0 Å². The Bertz CT molecular complexity index is 450. The summed E-state index contributed by atoms with van der Waals surface area (Å²) in [7, 11) is 0. The fraction of sp³-hybridized carbons (Fsp3) is 0.625. The fourth-order valence-corrected chi connectivity index (χ4v) is 2.52. The highest BCUT2D eigenvalue weighted by molar-refractivity contribution is 5.77. The molecule has 0 atom stereocenters. The van der Waals surface area contributed by atoms with Crippen LogP contribution in [0.2, 0.25) is 0 Å². The van der Waals surface area contributed by atoms with Crippen molar-refractivity contribution in [3.8, 4) is 0 Å². The molecule has 5 nitrogen and oxygen atoms in total. The zero-order chi connectivity index (χ0) is 14.9. The molecule has 1 aromatic rings. The third-order valence-electron chi connectivity index (χ3n) is 3.73. The maximum Gasteiger partial charge on any atom is 0.188 e. The Balaban J connectivity index is 1.96. The molecule has 1 saturated heterocycles. The van der Waals surface area contributed by atoms with Crippen molar-refractivity contribution < 1.29 is 0 Å². The Kier molecular flexibility index (Phi) is 6.31. The Morgan fingerprint density at radius 2 is 2.10 bits per heavy atom. The van der Waals surface area contributed by atoms with Gasteiger partial charge in [-0.25, -0.2) is 9.98 Å². The van der Waals surface area contributed by atoms with E-state index in [0.29, 0.717) is 12.5 Å². The molecule has 3 N–H and O–H groups in total. The lowest BCUT2D eigenvalue weighted by Crippen LogP contribution is -2.32. The second kappa shape index (κ2) is 8.49. The van der Waals surface area contributed by atoms with Crippen LogP contribution in [0.4, 0.5) is 5.82 Å². The Labute approximate surface area is 127 Å². The third-order valence-corrected chi connectivity index (χ3v) is 3.73. The van der Waals surface area contributed by atoms with Crippen LogP contribution in [-0.4, -0.2) is 30.6 Å². The number of rotatable bonds is 5. The van der Waals surface area contributed by atoms with Gasteiger partial charge in [0, 0.05) is 25.8 Å². The van der Waals surface area contributed by atoms with Gasteiger partial charge in [-0.3, -0.25) is 0 Å². The minimum atomic E-state index is 0.519. The van der Waals surface area contributed by atoms with Gasteiger partial charge in [0.15, 0.2) is 5.96 Å². The predicted octanol–water partition coefficient (Wildman–Crippen LogP) is 2.28. The lowest BCUT2D eigenvalue weighted by atomic mass is 10.2. The van der Waals surface area contributed by atoms with E-state index in [-0.39, 0.29) is 0 Å². The number of aromatic nitrogens is 1. The summed E-state index contributed by atoms with van der Waals surface area (Å²) in [5, 5.41) is 3.09. The lowest BCUT2D eigenvalue weighted by Gasteiger charge is -2.21. The molecule has 0 bridgehead atoms. The van der Waals surface area contributed by atoms with Crippen molar-refractivity contribution >= 4 is 11.8 Å². The van der Waals surface area contributed by atoms with Crippen molar-refractivity contribution in [2.75, 3.05) is 24.5 Å². The molecule has 0 aliphatic carbocycles. The quantitative estimate of drug-likeness (QED) is 0.644. The number of anilines is 1. The molecule has 1 fully saturated rings. The number of hydrogen-bond acceptors (Lipinski definition) is 3. The van der Waals surface area contributed by atoms with Gasteiger partial charge in [0.1, 0.15) is 5.82 Å². The Morgan fingerprint density at radius 1 is 1.33 bits per heavy atom. The van der Waals surface area contributed by atoms with E-state index in [2.05, 4.69) is 33.2 Å². The largest absolute Gasteiger partial charge is 0.370 e. The van der Waals surface area contributed by atoms with Gasteiger partial charge in [0.2, 0.25) is 0 Å². The highest BCUT2D eigenvalue weighted by atomic mass is 15.2. The standard InChI is InChI=1S/C16H27N5/c1-2-8-19-16(17)20-13-14-7-9-18-15(12-14)21-10-5-3-4-6-11-21/h7,9,12H,2-6,8,10-11,13H2,1H3,(H3,17,19,20). The molecule has 0 amide bonds. The number of nitrogens with one attached hydrogen (secondary N) is 1. The van der Waals surface area contributed by atoms with Crippen molar-refractivity contribution in [2.24, 2.45) is 10.7 Å². The minimum Gasteiger partial charge on any atom is -0.370 e. The van der Waals surface area contributed by atoms with Crippen LogP contribution >= 0.6 is 0 Å². The van der Waals surface area contributed by atoms with Gasteiger partial charge in [-0.15, -0.1) is 0 Å². The lowest BCUT2D eigenvalue weighted by molar-refractivity contribution is 0.726. The average molecular weight is 289 g/mol. The molecular formula is C16H27N5. The summed E-state index contributed by atoms with van der Waals surface area (Å²) in [6.45, 7) is 5.80. The summed E-state index contributed by atoms with van der Waals surface area (Å²) in [4.78, 5) is 11.3. The van der Waals surface area contributed by atoms with Gasteiger partial charge in [0.25, 0.3) is 0 Å². The molecule has 0 radical (unpaired) electrons. The second-order valence-electron chi connectivity index (χ2n) is 5.55. The normalized spacial score (nSPS) is 16.6. The van der Waals surface area contributed by atoms with E-state index in [1.165, 1.54) is 25.7 Å². The van der Waals surface area contributed by atoms with Crippen molar-refractivity contribution in [3.63, 3.8) is 0 Å². The summed E-state index contributed by atoms with van der Waals surface area (Å²) in [6.07, 6.45) is 8.11. The van der Waals surface area contributed by atoms with Gasteiger partial charge in [-0.05, 0) is 37.0 Å². The summed E-state index contributed by atoms with van der Waals surface area (Å²) in [5.74, 6) is 1.59. The van der Waals surface area contributed by atoms with E-state index >= 15 is 0 Å². The molecule has 2 heterocycles. The highest BCUT2D eigenvalue weighted by Gasteiger charge is 2.11. The van der Waals surface area contributed by atoms with E-state index in [1.807, 2.05) is 12.3 Å². The molecule has 5 heteroatoms.